The van der Waals surface area contributed by atoms with Crippen molar-refractivity contribution in [3.63, 3.8) is 0 Å². The lowest BCUT2D eigenvalue weighted by Gasteiger charge is -2.14. The van der Waals surface area contributed by atoms with E-state index in [1.54, 1.807) is 0 Å². The molecule has 0 saturated heterocycles. The largest absolute Gasteiger partial charge is 0.468 e. The first-order valence-corrected chi connectivity index (χ1v) is 5.83. The normalized spacial score (nSPS) is 13.6. The number of ether oxygens (including phenoxy) is 2. The number of thioether (sulfide) groups is 1. The van der Waals surface area contributed by atoms with Crippen LogP contribution in [0.3, 0.4) is 0 Å². The molecular formula is C9H15NO5S. The highest BCUT2D eigenvalue weighted by atomic mass is 32.2. The van der Waals surface area contributed by atoms with Gasteiger partial charge in [0, 0.05) is 17.9 Å². The van der Waals surface area contributed by atoms with Crippen LogP contribution in [0.5, 0.6) is 0 Å². The second-order valence-electron chi connectivity index (χ2n) is 2.95. The second kappa shape index (κ2) is 10.4. The lowest BCUT2D eigenvalue weighted by molar-refractivity contribution is -0.134. The minimum absolute atomic E-state index is 0.197. The van der Waals surface area contributed by atoms with Crippen LogP contribution in [-0.4, -0.2) is 49.5 Å². The van der Waals surface area contributed by atoms with Gasteiger partial charge in [0.15, 0.2) is 0 Å². The van der Waals surface area contributed by atoms with Crippen LogP contribution in [0, 0.1) is 0 Å². The predicted molar refractivity (Wildman–Crippen MR) is 58.9 cm³/mol. The smallest absolute Gasteiger partial charge is 0.293 e. The Balaban J connectivity index is 3.69. The maximum absolute atomic E-state index is 10.2. The van der Waals surface area contributed by atoms with Crippen LogP contribution in [0.1, 0.15) is 6.42 Å². The summed E-state index contributed by atoms with van der Waals surface area (Å²) in [5.74, 6) is 0.985. The topological polar surface area (TPSA) is 95.7 Å². The van der Waals surface area contributed by atoms with Crippen molar-refractivity contribution in [2.24, 2.45) is 5.73 Å². The van der Waals surface area contributed by atoms with Gasteiger partial charge in [-0.15, -0.1) is 0 Å². The Kier molecular flexibility index (Phi) is 9.73. The van der Waals surface area contributed by atoms with Crippen molar-refractivity contribution >= 4 is 31.0 Å². The van der Waals surface area contributed by atoms with Crippen LogP contribution < -0.4 is 5.73 Å². The van der Waals surface area contributed by atoms with Crippen LogP contribution in [0.2, 0.25) is 0 Å². The molecule has 0 amide bonds. The van der Waals surface area contributed by atoms with Crippen molar-refractivity contribution in [1.82, 2.24) is 0 Å². The van der Waals surface area contributed by atoms with E-state index in [0.29, 0.717) is 37.2 Å². The van der Waals surface area contributed by atoms with E-state index < -0.39 is 6.04 Å². The average Bonchev–Trinajstić information content (AvgIpc) is 2.29. The zero-order valence-corrected chi connectivity index (χ0v) is 9.56. The third-order valence-electron chi connectivity index (χ3n) is 1.66. The van der Waals surface area contributed by atoms with Gasteiger partial charge in [-0.2, -0.15) is 11.8 Å². The van der Waals surface area contributed by atoms with Gasteiger partial charge in [0.1, 0.15) is 12.4 Å². The minimum Gasteiger partial charge on any atom is -0.468 e. The SMILES string of the molecule is NC(C=O)CSCC(CCOC=O)OC=O. The zero-order valence-electron chi connectivity index (χ0n) is 8.74. The molecular weight excluding hydrogens is 234 g/mol. The summed E-state index contributed by atoms with van der Waals surface area (Å²) in [6.45, 7) is 0.890. The molecule has 0 aromatic carbocycles. The lowest BCUT2D eigenvalue weighted by Crippen LogP contribution is -2.26. The summed E-state index contributed by atoms with van der Waals surface area (Å²) in [6, 6.07) is -0.506. The van der Waals surface area contributed by atoms with E-state index in [0.717, 1.165) is 0 Å². The van der Waals surface area contributed by atoms with Gasteiger partial charge in [-0.25, -0.2) is 0 Å². The molecule has 92 valence electrons. The lowest BCUT2D eigenvalue weighted by atomic mass is 10.3. The van der Waals surface area contributed by atoms with E-state index in [9.17, 15) is 14.4 Å². The van der Waals surface area contributed by atoms with Crippen LogP contribution >= 0.6 is 11.8 Å². The molecule has 0 aromatic rings. The van der Waals surface area contributed by atoms with Gasteiger partial charge in [-0.1, -0.05) is 0 Å². The Morgan fingerprint density at radius 3 is 2.50 bits per heavy atom. The summed E-state index contributed by atoms with van der Waals surface area (Å²) in [6.07, 6.45) is 0.764. The Labute approximate surface area is 97.8 Å². The predicted octanol–water partition coefficient (Wildman–Crippen LogP) is -0.650. The summed E-state index contributed by atoms with van der Waals surface area (Å²) in [4.78, 5) is 30.3. The fraction of sp³-hybridized carbons (Fsp3) is 0.667. The minimum atomic E-state index is -0.506. The van der Waals surface area contributed by atoms with Gasteiger partial charge in [-0.3, -0.25) is 9.59 Å². The monoisotopic (exact) mass is 249 g/mol. The van der Waals surface area contributed by atoms with Crippen molar-refractivity contribution in [3.05, 3.63) is 0 Å². The number of carbonyl (C=O) groups is 3. The van der Waals surface area contributed by atoms with Crippen LogP contribution in [0.25, 0.3) is 0 Å². The highest BCUT2D eigenvalue weighted by Gasteiger charge is 2.10. The fourth-order valence-corrected chi connectivity index (χ4v) is 1.89. The Morgan fingerprint density at radius 2 is 1.94 bits per heavy atom. The fourth-order valence-electron chi connectivity index (χ4n) is 0.892. The number of nitrogens with two attached hydrogens (primary N) is 1. The quantitative estimate of drug-likeness (QED) is 0.384. The molecule has 6 nitrogen and oxygen atoms in total. The molecule has 0 radical (unpaired) electrons. The van der Waals surface area contributed by atoms with Crippen molar-refractivity contribution in [1.29, 1.82) is 0 Å². The van der Waals surface area contributed by atoms with E-state index in [1.165, 1.54) is 11.8 Å². The van der Waals surface area contributed by atoms with Crippen LogP contribution in [-0.2, 0) is 23.9 Å². The molecule has 0 spiro atoms. The van der Waals surface area contributed by atoms with E-state index >= 15 is 0 Å². The molecule has 0 bridgehead atoms. The molecule has 0 aliphatic carbocycles. The van der Waals surface area contributed by atoms with E-state index in [-0.39, 0.29) is 12.7 Å². The molecule has 2 atom stereocenters. The summed E-state index contributed by atoms with van der Waals surface area (Å²) in [5.41, 5.74) is 5.38. The Morgan fingerprint density at radius 1 is 1.19 bits per heavy atom. The first-order valence-electron chi connectivity index (χ1n) is 4.67. The summed E-state index contributed by atoms with van der Waals surface area (Å²) < 4.78 is 9.27. The summed E-state index contributed by atoms with van der Waals surface area (Å²) in [7, 11) is 0. The van der Waals surface area contributed by atoms with Gasteiger partial charge in [0.25, 0.3) is 12.9 Å². The van der Waals surface area contributed by atoms with Crippen molar-refractivity contribution in [3.8, 4) is 0 Å². The first kappa shape index (κ1) is 14.9. The molecule has 0 rings (SSSR count). The molecule has 7 heteroatoms. The zero-order chi connectivity index (χ0) is 12.2. The number of rotatable bonds is 11. The van der Waals surface area contributed by atoms with Gasteiger partial charge >= 0.3 is 0 Å². The number of hydrogen-bond acceptors (Lipinski definition) is 7. The first-order chi connectivity index (χ1) is 7.74. The maximum atomic E-state index is 10.2. The third-order valence-corrected chi connectivity index (χ3v) is 2.89. The molecule has 16 heavy (non-hydrogen) atoms. The third kappa shape index (κ3) is 8.25. The standard InChI is InChI=1S/C9H15NO5S/c10-8(3-11)4-16-5-9(15-7-13)1-2-14-6-12/h3,6-9H,1-2,4-5,10H2. The molecule has 2 unspecified atom stereocenters. The highest BCUT2D eigenvalue weighted by molar-refractivity contribution is 7.99. The van der Waals surface area contributed by atoms with Crippen molar-refractivity contribution in [2.75, 3.05) is 18.1 Å². The van der Waals surface area contributed by atoms with E-state index in [2.05, 4.69) is 4.74 Å². The molecule has 0 fully saturated rings. The van der Waals surface area contributed by atoms with Crippen molar-refractivity contribution < 1.29 is 23.9 Å². The second-order valence-corrected chi connectivity index (χ2v) is 4.02. The Hall–Kier alpha value is -1.08. The maximum Gasteiger partial charge on any atom is 0.293 e. The molecule has 0 saturated carbocycles. The molecule has 0 aliphatic heterocycles. The molecule has 2 N–H and O–H groups in total. The summed E-state index contributed by atoms with van der Waals surface area (Å²) in [5, 5.41) is 0. The number of hydrogen-bond donors (Lipinski definition) is 1. The molecule has 0 aliphatic rings. The van der Waals surface area contributed by atoms with Gasteiger partial charge < -0.3 is 20.0 Å². The molecule has 0 aromatic heterocycles. The number of carbonyl (C=O) groups excluding carboxylic acids is 3. The van der Waals surface area contributed by atoms with Crippen LogP contribution in [0.15, 0.2) is 0 Å². The summed E-state index contributed by atoms with van der Waals surface area (Å²) >= 11 is 1.41. The van der Waals surface area contributed by atoms with E-state index in [1.807, 2.05) is 0 Å². The highest BCUT2D eigenvalue weighted by Crippen LogP contribution is 2.09. The average molecular weight is 249 g/mol. The number of aldehydes is 1. The van der Waals surface area contributed by atoms with Crippen molar-refractivity contribution in [2.45, 2.75) is 18.6 Å². The van der Waals surface area contributed by atoms with Gasteiger partial charge in [-0.05, 0) is 0 Å². The van der Waals surface area contributed by atoms with Gasteiger partial charge in [0.2, 0.25) is 0 Å². The van der Waals surface area contributed by atoms with Crippen LogP contribution in [0.4, 0.5) is 0 Å². The van der Waals surface area contributed by atoms with Gasteiger partial charge in [0.05, 0.1) is 12.6 Å². The Bertz CT molecular complexity index is 214. The molecule has 0 heterocycles. The van der Waals surface area contributed by atoms with E-state index in [4.69, 9.17) is 10.5 Å².